The quantitative estimate of drug-likeness (QED) is 0.845. The molecule has 0 spiro atoms. The van der Waals surface area contributed by atoms with Gasteiger partial charge in [0.1, 0.15) is 12.4 Å². The number of rotatable bonds is 6. The third kappa shape index (κ3) is 4.89. The predicted molar refractivity (Wildman–Crippen MR) is 108 cm³/mol. The van der Waals surface area contributed by atoms with E-state index in [1.54, 1.807) is 0 Å². The number of ether oxygens (including phenoxy) is 1. The van der Waals surface area contributed by atoms with Gasteiger partial charge in [-0.15, -0.1) is 0 Å². The first-order valence-corrected chi connectivity index (χ1v) is 10.1. The number of hydrogen-bond donors (Lipinski definition) is 1. The van der Waals surface area contributed by atoms with E-state index in [2.05, 4.69) is 46.6 Å². The molecule has 4 heteroatoms. The van der Waals surface area contributed by atoms with Gasteiger partial charge in [0, 0.05) is 24.7 Å². The predicted octanol–water partition coefficient (Wildman–Crippen LogP) is 3.90. The zero-order valence-electron chi connectivity index (χ0n) is 15.8. The van der Waals surface area contributed by atoms with Crippen molar-refractivity contribution in [3.05, 3.63) is 59.7 Å². The molecule has 2 heterocycles. The largest absolute Gasteiger partial charge is 0.492 e. The molecular weight excluding hydrogens is 336 g/mol. The molecule has 0 saturated carbocycles. The minimum absolute atomic E-state index is 0.0954. The van der Waals surface area contributed by atoms with Crippen molar-refractivity contribution in [2.75, 3.05) is 31.6 Å². The van der Waals surface area contributed by atoms with Crippen LogP contribution in [0.25, 0.3) is 0 Å². The van der Waals surface area contributed by atoms with Crippen LogP contribution in [-0.2, 0) is 17.6 Å². The van der Waals surface area contributed by atoms with E-state index in [-0.39, 0.29) is 5.91 Å². The summed E-state index contributed by atoms with van der Waals surface area (Å²) in [6.45, 7) is 3.96. The molecule has 2 aromatic rings. The molecule has 0 unspecified atom stereocenters. The highest BCUT2D eigenvalue weighted by Crippen LogP contribution is 2.27. The molecule has 0 radical (unpaired) electrons. The highest BCUT2D eigenvalue weighted by molar-refractivity contribution is 5.94. The fourth-order valence-electron chi connectivity index (χ4n) is 4.09. The molecule has 142 valence electrons. The molecule has 0 aromatic heterocycles. The van der Waals surface area contributed by atoms with Crippen LogP contribution in [0.1, 0.15) is 30.4 Å². The van der Waals surface area contributed by atoms with Crippen molar-refractivity contribution in [1.82, 2.24) is 4.90 Å². The van der Waals surface area contributed by atoms with Gasteiger partial charge in [-0.3, -0.25) is 9.69 Å². The zero-order chi connectivity index (χ0) is 18.5. The lowest BCUT2D eigenvalue weighted by molar-refractivity contribution is -0.116. The lowest BCUT2D eigenvalue weighted by Gasteiger charge is -2.32. The number of fused-ring (bicyclic) bond motifs is 1. The summed E-state index contributed by atoms with van der Waals surface area (Å²) in [5.74, 6) is 1.74. The molecule has 1 N–H and O–H groups in total. The molecule has 27 heavy (non-hydrogen) atoms. The number of aryl methyl sites for hydroxylation is 1. The zero-order valence-corrected chi connectivity index (χ0v) is 15.8. The normalized spacial score (nSPS) is 18.0. The number of anilines is 1. The Balaban J connectivity index is 1.19. The summed E-state index contributed by atoms with van der Waals surface area (Å²) in [7, 11) is 0. The molecule has 1 saturated heterocycles. The summed E-state index contributed by atoms with van der Waals surface area (Å²) < 4.78 is 5.94. The minimum atomic E-state index is 0.0954. The number of benzene rings is 2. The van der Waals surface area contributed by atoms with Gasteiger partial charge in [0.2, 0.25) is 5.91 Å². The van der Waals surface area contributed by atoms with Gasteiger partial charge in [0.05, 0.1) is 0 Å². The van der Waals surface area contributed by atoms with Crippen LogP contribution >= 0.6 is 0 Å². The van der Waals surface area contributed by atoms with Crippen LogP contribution in [0, 0.1) is 5.92 Å². The topological polar surface area (TPSA) is 41.6 Å². The summed E-state index contributed by atoms with van der Waals surface area (Å²) in [5, 5.41) is 2.94. The van der Waals surface area contributed by atoms with Crippen LogP contribution < -0.4 is 10.1 Å². The van der Waals surface area contributed by atoms with Crippen molar-refractivity contribution in [2.45, 2.75) is 32.1 Å². The standard InChI is InChI=1S/C23H28N2O2/c26-23-9-7-20-6-8-21(17-22(20)24-23)27-15-14-25-12-10-19(11-13-25)16-18-4-2-1-3-5-18/h1-6,8,17,19H,7,9-16H2,(H,24,26). The van der Waals surface area contributed by atoms with E-state index < -0.39 is 0 Å². The molecule has 0 bridgehead atoms. The lowest BCUT2D eigenvalue weighted by Crippen LogP contribution is -2.37. The highest BCUT2D eigenvalue weighted by atomic mass is 16.5. The number of likely N-dealkylation sites (tertiary alicyclic amines) is 1. The average Bonchev–Trinajstić information content (AvgIpc) is 2.70. The van der Waals surface area contributed by atoms with Gasteiger partial charge in [0.25, 0.3) is 0 Å². The molecule has 2 aliphatic heterocycles. The number of piperidine rings is 1. The monoisotopic (exact) mass is 364 g/mol. The van der Waals surface area contributed by atoms with Crippen molar-refractivity contribution in [3.8, 4) is 5.75 Å². The Bertz CT molecular complexity index is 767. The van der Waals surface area contributed by atoms with E-state index in [4.69, 9.17) is 4.74 Å². The summed E-state index contributed by atoms with van der Waals surface area (Å²) in [4.78, 5) is 14.0. The SMILES string of the molecule is O=C1CCc2ccc(OCCN3CCC(Cc4ccccc4)CC3)cc2N1. The third-order valence-electron chi connectivity index (χ3n) is 5.73. The molecule has 2 aromatic carbocycles. The molecule has 1 amide bonds. The fourth-order valence-corrected chi connectivity index (χ4v) is 4.09. The van der Waals surface area contributed by atoms with Crippen LogP contribution in [0.2, 0.25) is 0 Å². The van der Waals surface area contributed by atoms with E-state index in [0.29, 0.717) is 13.0 Å². The van der Waals surface area contributed by atoms with Gasteiger partial charge in [-0.25, -0.2) is 0 Å². The van der Waals surface area contributed by atoms with E-state index in [1.807, 2.05) is 12.1 Å². The highest BCUT2D eigenvalue weighted by Gasteiger charge is 2.19. The lowest BCUT2D eigenvalue weighted by atomic mass is 9.90. The molecule has 4 nitrogen and oxygen atoms in total. The van der Waals surface area contributed by atoms with Crippen molar-refractivity contribution in [3.63, 3.8) is 0 Å². The first kappa shape index (κ1) is 18.1. The Morgan fingerprint density at radius 3 is 2.67 bits per heavy atom. The van der Waals surface area contributed by atoms with E-state index >= 15 is 0 Å². The number of amides is 1. The molecular formula is C23H28N2O2. The van der Waals surface area contributed by atoms with Gasteiger partial charge < -0.3 is 10.1 Å². The van der Waals surface area contributed by atoms with Crippen molar-refractivity contribution >= 4 is 11.6 Å². The van der Waals surface area contributed by atoms with Crippen molar-refractivity contribution in [1.29, 1.82) is 0 Å². The number of hydrogen-bond acceptors (Lipinski definition) is 3. The van der Waals surface area contributed by atoms with Gasteiger partial charge >= 0.3 is 0 Å². The molecule has 0 atom stereocenters. The van der Waals surface area contributed by atoms with Crippen LogP contribution in [-0.4, -0.2) is 37.0 Å². The van der Waals surface area contributed by atoms with Crippen molar-refractivity contribution < 1.29 is 9.53 Å². The van der Waals surface area contributed by atoms with Gasteiger partial charge in [-0.05, 0) is 61.9 Å². The smallest absolute Gasteiger partial charge is 0.224 e. The summed E-state index contributed by atoms with van der Waals surface area (Å²) in [5.41, 5.74) is 3.56. The molecule has 2 aliphatic rings. The second-order valence-electron chi connectivity index (χ2n) is 7.69. The van der Waals surface area contributed by atoms with Crippen LogP contribution in [0.15, 0.2) is 48.5 Å². The van der Waals surface area contributed by atoms with E-state index in [0.717, 1.165) is 43.4 Å². The molecule has 4 rings (SSSR count). The Hall–Kier alpha value is -2.33. The first-order valence-electron chi connectivity index (χ1n) is 10.1. The number of nitrogens with one attached hydrogen (secondary N) is 1. The Morgan fingerprint density at radius 2 is 1.85 bits per heavy atom. The van der Waals surface area contributed by atoms with Gasteiger partial charge in [0.15, 0.2) is 0 Å². The minimum Gasteiger partial charge on any atom is -0.492 e. The second-order valence-corrected chi connectivity index (χ2v) is 7.69. The number of carbonyl (C=O) groups is 1. The Kier molecular flexibility index (Phi) is 5.73. The fraction of sp³-hybridized carbons (Fsp3) is 0.435. The van der Waals surface area contributed by atoms with Crippen LogP contribution in [0.4, 0.5) is 5.69 Å². The van der Waals surface area contributed by atoms with Crippen LogP contribution in [0.5, 0.6) is 5.75 Å². The first-order chi connectivity index (χ1) is 13.3. The number of carbonyl (C=O) groups excluding carboxylic acids is 1. The molecule has 1 fully saturated rings. The average molecular weight is 364 g/mol. The second kappa shape index (κ2) is 8.57. The third-order valence-corrected chi connectivity index (χ3v) is 5.73. The van der Waals surface area contributed by atoms with Crippen LogP contribution in [0.3, 0.4) is 0 Å². The van der Waals surface area contributed by atoms with E-state index in [1.165, 1.54) is 30.4 Å². The van der Waals surface area contributed by atoms with Gasteiger partial charge in [-0.1, -0.05) is 36.4 Å². The summed E-state index contributed by atoms with van der Waals surface area (Å²) >= 11 is 0. The number of nitrogens with zero attached hydrogens (tertiary/aromatic N) is 1. The van der Waals surface area contributed by atoms with E-state index in [9.17, 15) is 4.79 Å². The summed E-state index contributed by atoms with van der Waals surface area (Å²) in [6, 6.07) is 16.9. The summed E-state index contributed by atoms with van der Waals surface area (Å²) in [6.07, 6.45) is 5.12. The van der Waals surface area contributed by atoms with Crippen molar-refractivity contribution in [2.24, 2.45) is 5.92 Å². The Morgan fingerprint density at radius 1 is 1.04 bits per heavy atom. The van der Waals surface area contributed by atoms with Gasteiger partial charge in [-0.2, -0.15) is 0 Å². The maximum Gasteiger partial charge on any atom is 0.224 e. The maximum atomic E-state index is 11.5. The Labute approximate surface area is 161 Å². The maximum absolute atomic E-state index is 11.5. The molecule has 0 aliphatic carbocycles.